The van der Waals surface area contributed by atoms with Gasteiger partial charge < -0.3 is 14.7 Å². The van der Waals surface area contributed by atoms with Crippen molar-refractivity contribution in [2.24, 2.45) is 0 Å². The lowest BCUT2D eigenvalue weighted by atomic mass is 10.2. The molecule has 2 atom stereocenters. The summed E-state index contributed by atoms with van der Waals surface area (Å²) in [7, 11) is 0. The Morgan fingerprint density at radius 1 is 1.50 bits per heavy atom. The molecule has 1 aromatic heterocycles. The summed E-state index contributed by atoms with van der Waals surface area (Å²) < 4.78 is 6.30. The van der Waals surface area contributed by atoms with Gasteiger partial charge in [0.25, 0.3) is 0 Å². The molecule has 2 rings (SSSR count). The van der Waals surface area contributed by atoms with E-state index in [0.29, 0.717) is 23.4 Å². The number of hydrogen-bond donors (Lipinski definition) is 1. The topological polar surface area (TPSA) is 62.7 Å². The predicted molar refractivity (Wildman–Crippen MR) is 71.1 cm³/mol. The molecule has 6 heteroatoms. The minimum atomic E-state index is -0.967. The van der Waals surface area contributed by atoms with Crippen LogP contribution < -0.4 is 4.90 Å². The largest absolute Gasteiger partial charge is 0.478 e. The van der Waals surface area contributed by atoms with Crippen LogP contribution in [-0.2, 0) is 4.74 Å². The third kappa shape index (κ3) is 2.81. The third-order valence-corrected chi connectivity index (χ3v) is 3.22. The first kappa shape index (κ1) is 13.3. The Hall–Kier alpha value is -1.14. The van der Waals surface area contributed by atoms with E-state index in [9.17, 15) is 9.90 Å². The first-order valence-corrected chi connectivity index (χ1v) is 6.56. The van der Waals surface area contributed by atoms with Crippen LogP contribution >= 0.6 is 15.9 Å². The number of carbonyl (C=O) groups is 1. The summed E-state index contributed by atoms with van der Waals surface area (Å²) in [6.07, 6.45) is 1.76. The molecular weight excluding hydrogens is 300 g/mol. The second kappa shape index (κ2) is 5.24. The van der Waals surface area contributed by atoms with Crippen LogP contribution in [-0.4, -0.2) is 41.4 Å². The van der Waals surface area contributed by atoms with Gasteiger partial charge in [-0.25, -0.2) is 9.78 Å². The fraction of sp³-hybridized carbons (Fsp3) is 0.500. The van der Waals surface area contributed by atoms with Crippen molar-refractivity contribution in [3.05, 3.63) is 22.3 Å². The number of rotatable bonds is 2. The SMILES string of the molecule is C[C@@H]1CN(c2ncc(Br)cc2C(=O)O)C[C@H](C)O1. The van der Waals surface area contributed by atoms with Crippen LogP contribution in [0.15, 0.2) is 16.7 Å². The summed E-state index contributed by atoms with van der Waals surface area (Å²) in [6, 6.07) is 1.58. The van der Waals surface area contributed by atoms with Crippen molar-refractivity contribution in [3.63, 3.8) is 0 Å². The molecule has 18 heavy (non-hydrogen) atoms. The van der Waals surface area contributed by atoms with Gasteiger partial charge in [0.2, 0.25) is 0 Å². The average Bonchev–Trinajstić information content (AvgIpc) is 2.27. The second-order valence-corrected chi connectivity index (χ2v) is 5.41. The lowest BCUT2D eigenvalue weighted by molar-refractivity contribution is -0.00556. The highest BCUT2D eigenvalue weighted by Gasteiger charge is 2.26. The Kier molecular flexibility index (Phi) is 3.87. The van der Waals surface area contributed by atoms with E-state index in [4.69, 9.17) is 4.74 Å². The third-order valence-electron chi connectivity index (χ3n) is 2.78. The summed E-state index contributed by atoms with van der Waals surface area (Å²) in [5.41, 5.74) is 0.214. The van der Waals surface area contributed by atoms with Crippen LogP contribution in [0.1, 0.15) is 24.2 Å². The van der Waals surface area contributed by atoms with Gasteiger partial charge >= 0.3 is 5.97 Å². The van der Waals surface area contributed by atoms with Crippen LogP contribution in [0, 0.1) is 0 Å². The zero-order chi connectivity index (χ0) is 13.3. The molecule has 1 saturated heterocycles. The molecule has 1 aliphatic rings. The number of hydrogen-bond acceptors (Lipinski definition) is 4. The van der Waals surface area contributed by atoms with Crippen LogP contribution in [0.4, 0.5) is 5.82 Å². The van der Waals surface area contributed by atoms with Gasteiger partial charge in [0.05, 0.1) is 12.2 Å². The van der Waals surface area contributed by atoms with Gasteiger partial charge in [-0.2, -0.15) is 0 Å². The van der Waals surface area contributed by atoms with Crippen LogP contribution in [0.25, 0.3) is 0 Å². The van der Waals surface area contributed by atoms with E-state index < -0.39 is 5.97 Å². The lowest BCUT2D eigenvalue weighted by Crippen LogP contribution is -2.46. The number of aromatic carboxylic acids is 1. The molecule has 1 N–H and O–H groups in total. The fourth-order valence-corrected chi connectivity index (χ4v) is 2.52. The molecule has 1 aliphatic heterocycles. The van der Waals surface area contributed by atoms with E-state index in [0.717, 1.165) is 0 Å². The summed E-state index contributed by atoms with van der Waals surface area (Å²) in [4.78, 5) is 17.5. The van der Waals surface area contributed by atoms with Gasteiger partial charge in [-0.1, -0.05) is 0 Å². The minimum Gasteiger partial charge on any atom is -0.478 e. The average molecular weight is 315 g/mol. The number of ether oxygens (including phenoxy) is 1. The smallest absolute Gasteiger partial charge is 0.339 e. The Balaban J connectivity index is 2.35. The van der Waals surface area contributed by atoms with Crippen molar-refractivity contribution >= 4 is 27.7 Å². The maximum Gasteiger partial charge on any atom is 0.339 e. The van der Waals surface area contributed by atoms with E-state index in [2.05, 4.69) is 20.9 Å². The molecule has 0 saturated carbocycles. The van der Waals surface area contributed by atoms with E-state index in [1.54, 1.807) is 12.3 Å². The zero-order valence-electron chi connectivity index (χ0n) is 10.3. The van der Waals surface area contributed by atoms with Crippen molar-refractivity contribution in [1.29, 1.82) is 0 Å². The number of aromatic nitrogens is 1. The first-order chi connectivity index (χ1) is 8.47. The molecule has 0 aromatic carbocycles. The number of halogens is 1. The highest BCUT2D eigenvalue weighted by Crippen LogP contribution is 2.24. The van der Waals surface area contributed by atoms with Crippen molar-refractivity contribution in [3.8, 4) is 0 Å². The van der Waals surface area contributed by atoms with Gasteiger partial charge in [0.1, 0.15) is 11.4 Å². The first-order valence-electron chi connectivity index (χ1n) is 5.76. The van der Waals surface area contributed by atoms with Crippen molar-refractivity contribution in [1.82, 2.24) is 4.98 Å². The summed E-state index contributed by atoms with van der Waals surface area (Å²) in [6.45, 7) is 5.25. The molecular formula is C12H15BrN2O3. The second-order valence-electron chi connectivity index (χ2n) is 4.49. The number of carboxylic acids is 1. The summed E-state index contributed by atoms with van der Waals surface area (Å²) in [5.74, 6) is -0.460. The van der Waals surface area contributed by atoms with E-state index in [1.165, 1.54) is 0 Å². The molecule has 0 radical (unpaired) electrons. The maximum atomic E-state index is 11.3. The highest BCUT2D eigenvalue weighted by atomic mass is 79.9. The zero-order valence-corrected chi connectivity index (χ0v) is 11.8. The highest BCUT2D eigenvalue weighted by molar-refractivity contribution is 9.10. The molecule has 0 amide bonds. The molecule has 0 unspecified atom stereocenters. The normalized spacial score (nSPS) is 24.1. The lowest BCUT2D eigenvalue weighted by Gasteiger charge is -2.36. The molecule has 2 heterocycles. The maximum absolute atomic E-state index is 11.3. The quantitative estimate of drug-likeness (QED) is 0.906. The van der Waals surface area contributed by atoms with Crippen LogP contribution in [0.5, 0.6) is 0 Å². The molecule has 0 aliphatic carbocycles. The number of morpholine rings is 1. The summed E-state index contributed by atoms with van der Waals surface area (Å²) >= 11 is 3.24. The minimum absolute atomic E-state index is 0.0702. The van der Waals surface area contributed by atoms with Crippen LogP contribution in [0.2, 0.25) is 0 Å². The number of nitrogens with zero attached hydrogens (tertiary/aromatic N) is 2. The number of carboxylic acid groups (broad SMARTS) is 1. The van der Waals surface area contributed by atoms with Gasteiger partial charge in [0, 0.05) is 23.8 Å². The van der Waals surface area contributed by atoms with Crippen molar-refractivity contribution < 1.29 is 14.6 Å². The fourth-order valence-electron chi connectivity index (χ4n) is 2.19. The van der Waals surface area contributed by atoms with Crippen molar-refractivity contribution in [2.45, 2.75) is 26.1 Å². The van der Waals surface area contributed by atoms with Gasteiger partial charge in [-0.3, -0.25) is 0 Å². The molecule has 0 spiro atoms. The van der Waals surface area contributed by atoms with Gasteiger partial charge in [-0.15, -0.1) is 0 Å². The Labute approximate surface area is 114 Å². The monoisotopic (exact) mass is 314 g/mol. The van der Waals surface area contributed by atoms with E-state index >= 15 is 0 Å². The Morgan fingerprint density at radius 2 is 2.11 bits per heavy atom. The van der Waals surface area contributed by atoms with E-state index in [-0.39, 0.29) is 17.8 Å². The van der Waals surface area contributed by atoms with Crippen LogP contribution in [0.3, 0.4) is 0 Å². The number of pyridine rings is 1. The Morgan fingerprint density at radius 3 is 2.67 bits per heavy atom. The van der Waals surface area contributed by atoms with Crippen molar-refractivity contribution in [2.75, 3.05) is 18.0 Å². The van der Waals surface area contributed by atoms with E-state index in [1.807, 2.05) is 18.7 Å². The standard InChI is InChI=1S/C12H15BrN2O3/c1-7-5-15(6-8(2)18-7)11-10(12(16)17)3-9(13)4-14-11/h3-4,7-8H,5-6H2,1-2H3,(H,16,17)/t7-,8+. The predicted octanol–water partition coefficient (Wildman–Crippen LogP) is 2.16. The van der Waals surface area contributed by atoms with Gasteiger partial charge in [0.15, 0.2) is 0 Å². The van der Waals surface area contributed by atoms with Gasteiger partial charge in [-0.05, 0) is 35.8 Å². The molecule has 1 aromatic rings. The molecule has 5 nitrogen and oxygen atoms in total. The molecule has 1 fully saturated rings. The summed E-state index contributed by atoms with van der Waals surface area (Å²) in [5, 5.41) is 9.23. The number of anilines is 1. The Bertz CT molecular complexity index is 457. The molecule has 98 valence electrons. The molecule has 0 bridgehead atoms.